The van der Waals surface area contributed by atoms with Crippen LogP contribution in [0, 0.1) is 5.41 Å². The number of carbonyl (C=O) groups is 2. The summed E-state index contributed by atoms with van der Waals surface area (Å²) >= 11 is 0. The topological polar surface area (TPSA) is 75.6 Å². The number of carboxylic acid groups (broad SMARTS) is 1. The Hall–Kier alpha value is -1.10. The summed E-state index contributed by atoms with van der Waals surface area (Å²) < 4.78 is 5.37. The van der Waals surface area contributed by atoms with Gasteiger partial charge in [0.25, 0.3) is 0 Å². The molecule has 1 aliphatic rings. The number of amides is 1. The van der Waals surface area contributed by atoms with E-state index in [1.54, 1.807) is 6.92 Å². The van der Waals surface area contributed by atoms with Gasteiger partial charge < -0.3 is 15.2 Å². The molecular weight excluding hydrogens is 234 g/mol. The van der Waals surface area contributed by atoms with Crippen LogP contribution in [0.1, 0.15) is 47.0 Å². The number of nitrogens with one attached hydrogen (secondary N) is 1. The maximum Gasteiger partial charge on any atom is 0.311 e. The lowest BCUT2D eigenvalue weighted by Gasteiger charge is -2.28. The maximum atomic E-state index is 11.7. The molecule has 18 heavy (non-hydrogen) atoms. The van der Waals surface area contributed by atoms with Gasteiger partial charge >= 0.3 is 5.97 Å². The molecule has 2 N–H and O–H groups in total. The number of rotatable bonds is 4. The minimum Gasteiger partial charge on any atom is -0.481 e. The largest absolute Gasteiger partial charge is 0.481 e. The van der Waals surface area contributed by atoms with E-state index in [-0.39, 0.29) is 24.2 Å². The second kappa shape index (κ2) is 5.26. The highest BCUT2D eigenvalue weighted by molar-refractivity contribution is 5.80. The van der Waals surface area contributed by atoms with Crippen LogP contribution >= 0.6 is 0 Å². The molecule has 0 bridgehead atoms. The Labute approximate surface area is 108 Å². The van der Waals surface area contributed by atoms with Gasteiger partial charge in [-0.25, -0.2) is 0 Å². The summed E-state index contributed by atoms with van der Waals surface area (Å²) in [5.41, 5.74) is -1.22. The monoisotopic (exact) mass is 257 g/mol. The highest BCUT2D eigenvalue weighted by Crippen LogP contribution is 2.38. The number of hydrogen-bond donors (Lipinski definition) is 2. The van der Waals surface area contributed by atoms with Crippen molar-refractivity contribution < 1.29 is 19.4 Å². The first-order valence-corrected chi connectivity index (χ1v) is 6.32. The van der Waals surface area contributed by atoms with Crippen LogP contribution in [0.3, 0.4) is 0 Å². The quantitative estimate of drug-likeness (QED) is 0.801. The van der Waals surface area contributed by atoms with Crippen LogP contribution in [-0.2, 0) is 14.3 Å². The molecule has 1 fully saturated rings. The molecule has 0 aliphatic heterocycles. The van der Waals surface area contributed by atoms with Gasteiger partial charge in [-0.2, -0.15) is 0 Å². The Balaban J connectivity index is 2.52. The van der Waals surface area contributed by atoms with Crippen LogP contribution in [0.2, 0.25) is 0 Å². The van der Waals surface area contributed by atoms with Gasteiger partial charge in [0.1, 0.15) is 6.61 Å². The molecule has 104 valence electrons. The van der Waals surface area contributed by atoms with Crippen molar-refractivity contribution in [1.29, 1.82) is 0 Å². The third kappa shape index (κ3) is 3.70. The van der Waals surface area contributed by atoms with Crippen LogP contribution in [0.25, 0.3) is 0 Å². The van der Waals surface area contributed by atoms with Crippen LogP contribution in [0.4, 0.5) is 0 Å². The Morgan fingerprint density at radius 2 is 2.06 bits per heavy atom. The standard InChI is InChI=1S/C13H23NO4/c1-12(2,3)18-8-10(15)14-9-6-5-7-13(9,4)11(16)17/h9H,5-8H2,1-4H3,(H,14,15)(H,16,17). The molecule has 0 radical (unpaired) electrons. The molecule has 0 aromatic rings. The van der Waals surface area contributed by atoms with Crippen molar-refractivity contribution in [1.82, 2.24) is 5.32 Å². The summed E-state index contributed by atoms with van der Waals surface area (Å²) in [7, 11) is 0. The molecule has 2 atom stereocenters. The van der Waals surface area contributed by atoms with E-state index in [2.05, 4.69) is 5.32 Å². The summed E-state index contributed by atoms with van der Waals surface area (Å²) in [6.07, 6.45) is 2.14. The smallest absolute Gasteiger partial charge is 0.311 e. The number of ether oxygens (including phenoxy) is 1. The molecule has 1 aliphatic carbocycles. The highest BCUT2D eigenvalue weighted by Gasteiger charge is 2.45. The third-order valence-electron chi connectivity index (χ3n) is 3.42. The van der Waals surface area contributed by atoms with Crippen molar-refractivity contribution in [3.8, 4) is 0 Å². The second-order valence-electron chi connectivity index (χ2n) is 6.14. The fourth-order valence-corrected chi connectivity index (χ4v) is 2.17. The molecule has 0 saturated heterocycles. The summed E-state index contributed by atoms with van der Waals surface area (Å²) in [6, 6.07) is -0.300. The molecule has 1 saturated carbocycles. The van der Waals surface area contributed by atoms with Gasteiger partial charge in [0.15, 0.2) is 0 Å². The Bertz CT molecular complexity index is 334. The van der Waals surface area contributed by atoms with Crippen molar-refractivity contribution in [2.75, 3.05) is 6.61 Å². The first-order chi connectivity index (χ1) is 8.15. The van der Waals surface area contributed by atoms with Gasteiger partial charge in [-0.3, -0.25) is 9.59 Å². The Morgan fingerprint density at radius 3 is 2.56 bits per heavy atom. The lowest BCUT2D eigenvalue weighted by molar-refractivity contribution is -0.149. The van der Waals surface area contributed by atoms with Gasteiger partial charge in [-0.1, -0.05) is 6.42 Å². The van der Waals surface area contributed by atoms with Gasteiger partial charge in [0, 0.05) is 6.04 Å². The predicted octanol–water partition coefficient (Wildman–Crippen LogP) is 1.56. The van der Waals surface area contributed by atoms with Crippen LogP contribution in [0.5, 0.6) is 0 Å². The van der Waals surface area contributed by atoms with Gasteiger partial charge in [0.05, 0.1) is 11.0 Å². The number of hydrogen-bond acceptors (Lipinski definition) is 3. The summed E-state index contributed by atoms with van der Waals surface area (Å²) in [5.74, 6) is -1.09. The molecule has 5 nitrogen and oxygen atoms in total. The van der Waals surface area contributed by atoms with Gasteiger partial charge in [-0.15, -0.1) is 0 Å². The van der Waals surface area contributed by atoms with Crippen molar-refractivity contribution in [3.63, 3.8) is 0 Å². The van der Waals surface area contributed by atoms with E-state index in [0.717, 1.165) is 6.42 Å². The second-order valence-corrected chi connectivity index (χ2v) is 6.14. The lowest BCUT2D eigenvalue weighted by atomic mass is 9.85. The predicted molar refractivity (Wildman–Crippen MR) is 67.2 cm³/mol. The highest BCUT2D eigenvalue weighted by atomic mass is 16.5. The lowest BCUT2D eigenvalue weighted by Crippen LogP contribution is -2.48. The zero-order chi connectivity index (χ0) is 14.0. The van der Waals surface area contributed by atoms with Crippen molar-refractivity contribution in [2.24, 2.45) is 5.41 Å². The van der Waals surface area contributed by atoms with Gasteiger partial charge in [0.2, 0.25) is 5.91 Å². The van der Waals surface area contributed by atoms with Crippen LogP contribution in [-0.4, -0.2) is 35.2 Å². The van der Waals surface area contributed by atoms with E-state index in [4.69, 9.17) is 4.74 Å². The average molecular weight is 257 g/mol. The van der Waals surface area contributed by atoms with Gasteiger partial charge in [-0.05, 0) is 40.5 Å². The molecule has 5 heteroatoms. The molecule has 1 amide bonds. The van der Waals surface area contributed by atoms with E-state index < -0.39 is 11.4 Å². The first kappa shape index (κ1) is 15.0. The minimum absolute atomic E-state index is 0.0320. The SMILES string of the molecule is CC(C)(C)OCC(=O)NC1CCCC1(C)C(=O)O. The molecule has 1 rings (SSSR count). The van der Waals surface area contributed by atoms with E-state index in [1.807, 2.05) is 20.8 Å². The maximum absolute atomic E-state index is 11.7. The third-order valence-corrected chi connectivity index (χ3v) is 3.42. The normalized spacial score (nSPS) is 28.1. The van der Waals surface area contributed by atoms with Crippen LogP contribution < -0.4 is 5.32 Å². The molecule has 0 spiro atoms. The molecule has 0 aromatic heterocycles. The summed E-state index contributed by atoms with van der Waals surface area (Å²) in [6.45, 7) is 7.28. The summed E-state index contributed by atoms with van der Waals surface area (Å²) in [4.78, 5) is 23.0. The van der Waals surface area contributed by atoms with Crippen LogP contribution in [0.15, 0.2) is 0 Å². The van der Waals surface area contributed by atoms with Crippen molar-refractivity contribution in [2.45, 2.75) is 58.6 Å². The molecule has 0 heterocycles. The fourth-order valence-electron chi connectivity index (χ4n) is 2.17. The fraction of sp³-hybridized carbons (Fsp3) is 0.846. The minimum atomic E-state index is -0.850. The van der Waals surface area contributed by atoms with E-state index in [1.165, 1.54) is 0 Å². The number of carboxylic acids is 1. The summed E-state index contributed by atoms with van der Waals surface area (Å²) in [5, 5.41) is 12.0. The Morgan fingerprint density at radius 1 is 1.44 bits per heavy atom. The molecule has 0 aromatic carbocycles. The average Bonchev–Trinajstić information content (AvgIpc) is 2.58. The number of aliphatic carboxylic acids is 1. The van der Waals surface area contributed by atoms with Crippen molar-refractivity contribution >= 4 is 11.9 Å². The van der Waals surface area contributed by atoms with E-state index in [9.17, 15) is 14.7 Å². The zero-order valence-electron chi connectivity index (χ0n) is 11.6. The van der Waals surface area contributed by atoms with Crippen molar-refractivity contribution in [3.05, 3.63) is 0 Å². The van der Waals surface area contributed by atoms with E-state index >= 15 is 0 Å². The van der Waals surface area contributed by atoms with E-state index in [0.29, 0.717) is 12.8 Å². The first-order valence-electron chi connectivity index (χ1n) is 6.32. The zero-order valence-corrected chi connectivity index (χ0v) is 11.6. The Kier molecular flexibility index (Phi) is 4.37. The number of carbonyl (C=O) groups excluding carboxylic acids is 1. The molecular formula is C13H23NO4. The molecule has 2 unspecified atom stereocenters.